The Morgan fingerprint density at radius 2 is 1.31 bits per heavy atom. The van der Waals surface area contributed by atoms with Crippen LogP contribution in [-0.4, -0.2) is 122 Å². The quantitative estimate of drug-likeness (QED) is 0.103. The molecule has 2 heterocycles. The Morgan fingerprint density at radius 3 is 1.88 bits per heavy atom. The zero-order chi connectivity index (χ0) is 23.9. The minimum atomic E-state index is -2.57. The molecule has 190 valence electrons. The predicted molar refractivity (Wildman–Crippen MR) is 107 cm³/mol. The Labute approximate surface area is 186 Å². The molecule has 0 aliphatic carbocycles. The van der Waals surface area contributed by atoms with Crippen LogP contribution in [0.1, 0.15) is 45.4 Å². The molecule has 0 bridgehead atoms. The van der Waals surface area contributed by atoms with Crippen LogP contribution in [0.2, 0.25) is 0 Å². The van der Waals surface area contributed by atoms with Crippen molar-refractivity contribution < 1.29 is 59.8 Å². The smallest absolute Gasteiger partial charge is 0.316 e. The molecule has 2 saturated heterocycles. The van der Waals surface area contributed by atoms with Crippen molar-refractivity contribution in [1.29, 1.82) is 0 Å². The molecule has 1 unspecified atom stereocenters. The monoisotopic (exact) mass is 470 g/mol. The van der Waals surface area contributed by atoms with Gasteiger partial charge in [-0.15, -0.1) is 0 Å². The van der Waals surface area contributed by atoms with E-state index in [-0.39, 0.29) is 6.61 Å². The standard InChI is InChI=1S/C20H38O12/c1-2-3-4-5-6-7-8-29-20(18(28)16(26)14(24)12(9-21)31-20)32-19(11-23)17(27)15(25)13(10-22)30-19/h12-18,21-28H,2-11H2,1H3/t12-,13-,14-,15-,16+,17+,18-,19?,20-/m1/s1. The maximum atomic E-state index is 10.7. The summed E-state index contributed by atoms with van der Waals surface area (Å²) >= 11 is 0. The van der Waals surface area contributed by atoms with Crippen LogP contribution >= 0.6 is 0 Å². The molecule has 0 radical (unpaired) electrons. The van der Waals surface area contributed by atoms with E-state index >= 15 is 0 Å². The summed E-state index contributed by atoms with van der Waals surface area (Å²) in [5.74, 6) is -4.96. The fourth-order valence-corrected chi connectivity index (χ4v) is 3.93. The maximum absolute atomic E-state index is 10.7. The van der Waals surface area contributed by atoms with Crippen molar-refractivity contribution >= 4 is 0 Å². The van der Waals surface area contributed by atoms with E-state index in [1.54, 1.807) is 0 Å². The van der Waals surface area contributed by atoms with Gasteiger partial charge in [0, 0.05) is 0 Å². The van der Waals surface area contributed by atoms with Crippen LogP contribution in [0.5, 0.6) is 0 Å². The first-order valence-electron chi connectivity index (χ1n) is 11.1. The SMILES string of the molecule is CCCCCCCCO[C@@]1(OC2(CO)O[C@H](CO)[C@@H](O)[C@@H]2O)O[C@H](CO)[C@@H](O)[C@H](O)[C@H]1O. The third-order valence-corrected chi connectivity index (χ3v) is 5.93. The zero-order valence-corrected chi connectivity index (χ0v) is 18.3. The number of hydrogen-bond acceptors (Lipinski definition) is 12. The average Bonchev–Trinajstić information content (AvgIpc) is 3.04. The second-order valence-corrected chi connectivity index (χ2v) is 8.33. The average molecular weight is 471 g/mol. The highest BCUT2D eigenvalue weighted by Gasteiger charge is 2.64. The molecule has 2 fully saturated rings. The highest BCUT2D eigenvalue weighted by atomic mass is 16.9. The summed E-state index contributed by atoms with van der Waals surface area (Å²) in [6, 6.07) is 0. The van der Waals surface area contributed by atoms with Crippen LogP contribution in [0.3, 0.4) is 0 Å². The molecule has 12 heteroatoms. The van der Waals surface area contributed by atoms with E-state index in [0.717, 1.165) is 32.1 Å². The minimum absolute atomic E-state index is 0.0340. The summed E-state index contributed by atoms with van der Waals surface area (Å²) in [5, 5.41) is 80.5. The number of unbranched alkanes of at least 4 members (excludes halogenated alkanes) is 5. The molecule has 0 amide bonds. The van der Waals surface area contributed by atoms with Gasteiger partial charge in [0.05, 0.1) is 19.8 Å². The highest BCUT2D eigenvalue weighted by Crippen LogP contribution is 2.41. The van der Waals surface area contributed by atoms with Crippen LogP contribution in [0.25, 0.3) is 0 Å². The van der Waals surface area contributed by atoms with E-state index in [0.29, 0.717) is 6.42 Å². The third kappa shape index (κ3) is 5.77. The fourth-order valence-electron chi connectivity index (χ4n) is 3.93. The largest absolute Gasteiger partial charge is 0.394 e. The number of ether oxygens (including phenoxy) is 4. The van der Waals surface area contributed by atoms with E-state index in [1.165, 1.54) is 0 Å². The molecule has 9 atom stereocenters. The molecule has 0 aromatic rings. The summed E-state index contributed by atoms with van der Waals surface area (Å²) in [5.41, 5.74) is 0. The van der Waals surface area contributed by atoms with E-state index in [1.807, 2.05) is 0 Å². The summed E-state index contributed by atoms with van der Waals surface area (Å²) in [6.45, 7) is -0.457. The Bertz CT molecular complexity index is 551. The Balaban J connectivity index is 2.24. The molecule has 2 aliphatic heterocycles. The summed E-state index contributed by atoms with van der Waals surface area (Å²) in [7, 11) is 0. The Kier molecular flexibility index (Phi) is 10.7. The van der Waals surface area contributed by atoms with Crippen molar-refractivity contribution in [3.63, 3.8) is 0 Å². The summed E-state index contributed by atoms with van der Waals surface area (Å²) in [6.07, 6.45) is -6.40. The van der Waals surface area contributed by atoms with Crippen molar-refractivity contribution in [3.05, 3.63) is 0 Å². The van der Waals surface area contributed by atoms with Gasteiger partial charge < -0.3 is 55.1 Å². The first-order valence-corrected chi connectivity index (χ1v) is 11.1. The molecular weight excluding hydrogens is 432 g/mol. The van der Waals surface area contributed by atoms with Gasteiger partial charge in [-0.3, -0.25) is 4.74 Å². The van der Waals surface area contributed by atoms with Crippen LogP contribution in [0.4, 0.5) is 0 Å². The van der Waals surface area contributed by atoms with Gasteiger partial charge in [0.1, 0.15) is 43.2 Å². The first kappa shape index (κ1) is 27.8. The van der Waals surface area contributed by atoms with Crippen molar-refractivity contribution in [2.75, 3.05) is 26.4 Å². The molecule has 8 N–H and O–H groups in total. The van der Waals surface area contributed by atoms with Gasteiger partial charge in [-0.2, -0.15) is 0 Å². The molecule has 0 aromatic heterocycles. The zero-order valence-electron chi connectivity index (χ0n) is 18.3. The van der Waals surface area contributed by atoms with Gasteiger partial charge in [0.15, 0.2) is 6.10 Å². The lowest BCUT2D eigenvalue weighted by Gasteiger charge is -2.50. The van der Waals surface area contributed by atoms with Crippen LogP contribution < -0.4 is 0 Å². The van der Waals surface area contributed by atoms with Gasteiger partial charge in [0.2, 0.25) is 5.79 Å². The fraction of sp³-hybridized carbons (Fsp3) is 1.00. The number of rotatable bonds is 13. The minimum Gasteiger partial charge on any atom is -0.394 e. The second-order valence-electron chi connectivity index (χ2n) is 8.33. The van der Waals surface area contributed by atoms with Gasteiger partial charge in [-0.1, -0.05) is 39.0 Å². The lowest BCUT2D eigenvalue weighted by atomic mass is 9.97. The van der Waals surface area contributed by atoms with Gasteiger partial charge in [-0.25, -0.2) is 0 Å². The summed E-state index contributed by atoms with van der Waals surface area (Å²) in [4.78, 5) is 0. The van der Waals surface area contributed by atoms with Crippen LogP contribution in [-0.2, 0) is 18.9 Å². The van der Waals surface area contributed by atoms with E-state index in [9.17, 15) is 40.9 Å². The number of aliphatic hydroxyl groups is 8. The Morgan fingerprint density at radius 1 is 0.719 bits per heavy atom. The van der Waals surface area contributed by atoms with Crippen LogP contribution in [0.15, 0.2) is 0 Å². The predicted octanol–water partition coefficient (Wildman–Crippen LogP) is -2.69. The number of hydrogen-bond donors (Lipinski definition) is 8. The molecule has 32 heavy (non-hydrogen) atoms. The van der Waals surface area contributed by atoms with E-state index in [2.05, 4.69) is 6.92 Å². The van der Waals surface area contributed by atoms with Gasteiger partial charge >= 0.3 is 5.97 Å². The number of aliphatic hydroxyl groups excluding tert-OH is 8. The van der Waals surface area contributed by atoms with Crippen molar-refractivity contribution in [1.82, 2.24) is 0 Å². The van der Waals surface area contributed by atoms with E-state index < -0.39 is 74.3 Å². The molecule has 0 aromatic carbocycles. The second kappa shape index (κ2) is 12.3. The van der Waals surface area contributed by atoms with Crippen molar-refractivity contribution in [3.8, 4) is 0 Å². The molecule has 0 spiro atoms. The van der Waals surface area contributed by atoms with Crippen molar-refractivity contribution in [2.45, 2.75) is 99.9 Å². The Hall–Kier alpha value is -0.480. The van der Waals surface area contributed by atoms with Gasteiger partial charge in [-0.05, 0) is 6.42 Å². The molecule has 12 nitrogen and oxygen atoms in total. The molecule has 0 saturated carbocycles. The lowest BCUT2D eigenvalue weighted by molar-refractivity contribution is -0.510. The first-order chi connectivity index (χ1) is 15.2. The third-order valence-electron chi connectivity index (χ3n) is 5.93. The molecule has 2 rings (SSSR count). The molecular formula is C20H38O12. The van der Waals surface area contributed by atoms with Gasteiger partial charge in [0.25, 0.3) is 0 Å². The summed E-state index contributed by atoms with van der Waals surface area (Å²) < 4.78 is 22.1. The normalized spacial score (nSPS) is 42.5. The van der Waals surface area contributed by atoms with Crippen LogP contribution in [0, 0.1) is 0 Å². The van der Waals surface area contributed by atoms with Crippen molar-refractivity contribution in [2.24, 2.45) is 0 Å². The molecule has 2 aliphatic rings. The lowest BCUT2D eigenvalue weighted by Crippen LogP contribution is -2.70. The maximum Gasteiger partial charge on any atom is 0.316 e. The highest BCUT2D eigenvalue weighted by molar-refractivity contribution is 5.00. The van der Waals surface area contributed by atoms with E-state index in [4.69, 9.17) is 18.9 Å². The topological polar surface area (TPSA) is 199 Å².